The molecular weight excluding hydrogens is 354 g/mol. The molecule has 0 radical (unpaired) electrons. The lowest BCUT2D eigenvalue weighted by Crippen LogP contribution is -2.40. The molecule has 7 heteroatoms. The number of aliphatic hydroxyl groups excluding tert-OH is 1. The molecule has 27 heavy (non-hydrogen) atoms. The summed E-state index contributed by atoms with van der Waals surface area (Å²) in [6, 6.07) is 8.47. The number of piperidine rings is 1. The standard InChI is InChI=1S/C20H20F2N2O3/c1-12-9-15(11-17(21)18(12)22)23-19(26)13-3-2-4-14(10-13)20(27)24-7-5-16(25)6-8-24/h2-4,9-11,16,25H,5-8H2,1H3,(H,23,26). The van der Waals surface area contributed by atoms with Gasteiger partial charge in [0.25, 0.3) is 11.8 Å². The van der Waals surface area contributed by atoms with Crippen molar-refractivity contribution in [2.24, 2.45) is 0 Å². The molecule has 1 aliphatic rings. The second-order valence-electron chi connectivity index (χ2n) is 6.65. The molecule has 0 atom stereocenters. The first-order chi connectivity index (χ1) is 12.8. The average Bonchev–Trinajstić information content (AvgIpc) is 2.66. The minimum absolute atomic E-state index is 0.0847. The second-order valence-corrected chi connectivity index (χ2v) is 6.65. The van der Waals surface area contributed by atoms with Gasteiger partial charge in [0.1, 0.15) is 0 Å². The molecule has 1 aliphatic heterocycles. The van der Waals surface area contributed by atoms with Crippen LogP contribution in [0.15, 0.2) is 36.4 Å². The van der Waals surface area contributed by atoms with Crippen LogP contribution in [0.4, 0.5) is 14.5 Å². The second kappa shape index (κ2) is 7.84. The van der Waals surface area contributed by atoms with E-state index in [1.165, 1.54) is 19.1 Å². The summed E-state index contributed by atoms with van der Waals surface area (Å²) in [4.78, 5) is 26.7. The third-order valence-corrected chi connectivity index (χ3v) is 4.59. The minimum atomic E-state index is -1.04. The maximum absolute atomic E-state index is 13.5. The largest absolute Gasteiger partial charge is 0.393 e. The van der Waals surface area contributed by atoms with Gasteiger partial charge in [0, 0.05) is 36.0 Å². The van der Waals surface area contributed by atoms with E-state index in [0.29, 0.717) is 31.5 Å². The lowest BCUT2D eigenvalue weighted by molar-refractivity contribution is 0.0546. The Kier molecular flexibility index (Phi) is 5.51. The highest BCUT2D eigenvalue weighted by atomic mass is 19.2. The molecule has 0 aromatic heterocycles. The topological polar surface area (TPSA) is 69.6 Å². The SMILES string of the molecule is Cc1cc(NC(=O)c2cccc(C(=O)N3CCC(O)CC3)c2)cc(F)c1F. The van der Waals surface area contributed by atoms with Crippen molar-refractivity contribution in [2.75, 3.05) is 18.4 Å². The molecule has 5 nitrogen and oxygen atoms in total. The molecule has 2 aromatic carbocycles. The van der Waals surface area contributed by atoms with Gasteiger partial charge in [-0.25, -0.2) is 8.78 Å². The van der Waals surface area contributed by atoms with Gasteiger partial charge in [-0.05, 0) is 49.6 Å². The van der Waals surface area contributed by atoms with Crippen molar-refractivity contribution in [3.8, 4) is 0 Å². The highest BCUT2D eigenvalue weighted by Crippen LogP contribution is 2.19. The zero-order chi connectivity index (χ0) is 19.6. The predicted octanol–water partition coefficient (Wildman–Crippen LogP) is 3.12. The Morgan fingerprint density at radius 1 is 1.11 bits per heavy atom. The summed E-state index contributed by atoms with van der Waals surface area (Å²) in [5.74, 6) is -2.72. The lowest BCUT2D eigenvalue weighted by Gasteiger charge is -2.29. The Bertz CT molecular complexity index is 854. The molecule has 0 spiro atoms. The summed E-state index contributed by atoms with van der Waals surface area (Å²) < 4.78 is 26.9. The van der Waals surface area contributed by atoms with Crippen molar-refractivity contribution in [1.82, 2.24) is 4.90 Å². The predicted molar refractivity (Wildman–Crippen MR) is 96.6 cm³/mol. The fraction of sp³-hybridized carbons (Fsp3) is 0.300. The number of rotatable bonds is 3. The summed E-state index contributed by atoms with van der Waals surface area (Å²) in [7, 11) is 0. The van der Waals surface area contributed by atoms with Crippen molar-refractivity contribution >= 4 is 17.5 Å². The molecule has 0 bridgehead atoms. The van der Waals surface area contributed by atoms with Crippen LogP contribution in [0.5, 0.6) is 0 Å². The van der Waals surface area contributed by atoms with E-state index in [4.69, 9.17) is 0 Å². The minimum Gasteiger partial charge on any atom is -0.393 e. The quantitative estimate of drug-likeness (QED) is 0.867. The van der Waals surface area contributed by atoms with Crippen molar-refractivity contribution in [3.63, 3.8) is 0 Å². The molecular formula is C20H20F2N2O3. The van der Waals surface area contributed by atoms with Crippen LogP contribution >= 0.6 is 0 Å². The van der Waals surface area contributed by atoms with Gasteiger partial charge in [-0.2, -0.15) is 0 Å². The van der Waals surface area contributed by atoms with E-state index in [0.717, 1.165) is 6.07 Å². The average molecular weight is 374 g/mol. The van der Waals surface area contributed by atoms with Gasteiger partial charge >= 0.3 is 0 Å². The van der Waals surface area contributed by atoms with Crippen LogP contribution in [-0.4, -0.2) is 41.0 Å². The van der Waals surface area contributed by atoms with E-state index < -0.39 is 17.5 Å². The number of likely N-dealkylation sites (tertiary alicyclic amines) is 1. The van der Waals surface area contributed by atoms with Crippen LogP contribution < -0.4 is 5.32 Å². The molecule has 1 fully saturated rings. The summed E-state index contributed by atoms with van der Waals surface area (Å²) in [6.45, 7) is 2.33. The Labute approximate surface area is 155 Å². The smallest absolute Gasteiger partial charge is 0.255 e. The van der Waals surface area contributed by atoms with E-state index in [1.54, 1.807) is 23.1 Å². The number of hydrogen-bond donors (Lipinski definition) is 2. The van der Waals surface area contributed by atoms with Crippen molar-refractivity contribution in [2.45, 2.75) is 25.9 Å². The number of aryl methyl sites for hydroxylation is 1. The number of nitrogens with one attached hydrogen (secondary N) is 1. The Morgan fingerprint density at radius 2 is 1.78 bits per heavy atom. The summed E-state index contributed by atoms with van der Waals surface area (Å²) in [5.41, 5.74) is 0.820. The number of carbonyl (C=O) groups excluding carboxylic acids is 2. The number of anilines is 1. The number of nitrogens with zero attached hydrogens (tertiary/aromatic N) is 1. The third kappa shape index (κ3) is 4.31. The summed E-state index contributed by atoms with van der Waals surface area (Å²) >= 11 is 0. The van der Waals surface area contributed by atoms with Crippen LogP contribution in [0.2, 0.25) is 0 Å². The molecule has 2 N–H and O–H groups in total. The van der Waals surface area contributed by atoms with E-state index in [2.05, 4.69) is 5.32 Å². The Morgan fingerprint density at radius 3 is 2.44 bits per heavy atom. The Hall–Kier alpha value is -2.80. The molecule has 2 aromatic rings. The molecule has 142 valence electrons. The van der Waals surface area contributed by atoms with Gasteiger partial charge in [0.2, 0.25) is 0 Å². The third-order valence-electron chi connectivity index (χ3n) is 4.59. The summed E-state index contributed by atoms with van der Waals surface area (Å²) in [6.07, 6.45) is 0.675. The normalized spacial score (nSPS) is 14.9. The molecule has 0 unspecified atom stereocenters. The van der Waals surface area contributed by atoms with Gasteiger partial charge in [0.15, 0.2) is 11.6 Å². The fourth-order valence-corrected chi connectivity index (χ4v) is 3.05. The first kappa shape index (κ1) is 19.0. The van der Waals surface area contributed by atoms with Gasteiger partial charge < -0.3 is 15.3 Å². The fourth-order valence-electron chi connectivity index (χ4n) is 3.05. The summed E-state index contributed by atoms with van der Waals surface area (Å²) in [5, 5.41) is 12.1. The first-order valence-electron chi connectivity index (χ1n) is 8.69. The van der Waals surface area contributed by atoms with Crippen LogP contribution in [0.25, 0.3) is 0 Å². The van der Waals surface area contributed by atoms with Crippen LogP contribution in [0.1, 0.15) is 39.1 Å². The first-order valence-corrected chi connectivity index (χ1v) is 8.69. The number of amides is 2. The number of carbonyl (C=O) groups is 2. The van der Waals surface area contributed by atoms with Crippen molar-refractivity contribution in [3.05, 3.63) is 64.7 Å². The molecule has 1 saturated heterocycles. The molecule has 3 rings (SSSR count). The number of benzene rings is 2. The molecule has 0 aliphatic carbocycles. The maximum atomic E-state index is 13.5. The number of halogens is 2. The van der Waals surface area contributed by atoms with E-state index in [1.807, 2.05) is 0 Å². The maximum Gasteiger partial charge on any atom is 0.255 e. The van der Waals surface area contributed by atoms with Crippen molar-refractivity contribution < 1.29 is 23.5 Å². The number of aliphatic hydroxyl groups is 1. The van der Waals surface area contributed by atoms with Crippen LogP contribution in [0, 0.1) is 18.6 Å². The number of hydrogen-bond acceptors (Lipinski definition) is 3. The lowest BCUT2D eigenvalue weighted by atomic mass is 10.0. The molecule has 1 heterocycles. The zero-order valence-corrected chi connectivity index (χ0v) is 14.8. The molecule has 2 amide bonds. The van der Waals surface area contributed by atoms with E-state index in [9.17, 15) is 23.5 Å². The van der Waals surface area contributed by atoms with Gasteiger partial charge in [-0.15, -0.1) is 0 Å². The van der Waals surface area contributed by atoms with Gasteiger partial charge in [0.05, 0.1) is 6.10 Å². The highest BCUT2D eigenvalue weighted by Gasteiger charge is 2.23. The Balaban J connectivity index is 1.75. The van der Waals surface area contributed by atoms with Crippen molar-refractivity contribution in [1.29, 1.82) is 0 Å². The zero-order valence-electron chi connectivity index (χ0n) is 14.8. The van der Waals surface area contributed by atoms with Crippen LogP contribution in [-0.2, 0) is 0 Å². The van der Waals surface area contributed by atoms with Gasteiger partial charge in [-0.3, -0.25) is 9.59 Å². The molecule has 0 saturated carbocycles. The highest BCUT2D eigenvalue weighted by molar-refractivity contribution is 6.06. The van der Waals surface area contributed by atoms with Gasteiger partial charge in [-0.1, -0.05) is 6.07 Å². The van der Waals surface area contributed by atoms with E-state index in [-0.39, 0.29) is 28.8 Å². The monoisotopic (exact) mass is 374 g/mol. The van der Waals surface area contributed by atoms with E-state index >= 15 is 0 Å². The van der Waals surface area contributed by atoms with Crippen LogP contribution in [0.3, 0.4) is 0 Å².